The molecule has 3 N–H and O–H groups in total. The van der Waals surface area contributed by atoms with Crippen molar-refractivity contribution in [1.29, 1.82) is 0 Å². The summed E-state index contributed by atoms with van der Waals surface area (Å²) in [6.45, 7) is 2.05. The molecular formula is C11H15N5O2. The van der Waals surface area contributed by atoms with Gasteiger partial charge in [-0.15, -0.1) is 5.53 Å². The number of carbonyl (C=O) groups excluding carboxylic acids is 1. The Bertz CT molecular complexity index is 430. The quantitative estimate of drug-likeness (QED) is 0.342. The molecule has 0 aliphatic heterocycles. The number of amides is 1. The number of carbonyl (C=O) groups is 1. The van der Waals surface area contributed by atoms with E-state index in [2.05, 4.69) is 10.1 Å². The molecule has 0 bridgehead atoms. The summed E-state index contributed by atoms with van der Waals surface area (Å²) in [4.78, 5) is 13.8. The highest BCUT2D eigenvalue weighted by atomic mass is 16.5. The Morgan fingerprint density at radius 3 is 2.83 bits per heavy atom. The molecule has 0 aliphatic rings. The van der Waals surface area contributed by atoms with Gasteiger partial charge in [0.05, 0.1) is 12.7 Å². The zero-order valence-corrected chi connectivity index (χ0v) is 9.98. The molecule has 18 heavy (non-hydrogen) atoms. The molecule has 0 aromatic heterocycles. The number of benzene rings is 1. The number of hydrogen-bond donors (Lipinski definition) is 2. The lowest BCUT2D eigenvalue weighted by Gasteiger charge is -2.17. The normalized spacial score (nSPS) is 13.2. The molecule has 1 aromatic rings. The third-order valence-corrected chi connectivity index (χ3v) is 2.37. The lowest BCUT2D eigenvalue weighted by Crippen LogP contribution is -2.46. The Kier molecular flexibility index (Phi) is 5.66. The molecule has 96 valence electrons. The van der Waals surface area contributed by atoms with Crippen molar-refractivity contribution in [3.05, 3.63) is 46.3 Å². The number of hydrogen-bond acceptors (Lipinski definition) is 4. The molecule has 1 rings (SSSR count). The number of ether oxygens (including phenoxy) is 1. The Morgan fingerprint density at radius 1 is 1.56 bits per heavy atom. The van der Waals surface area contributed by atoms with Crippen LogP contribution in [0.3, 0.4) is 0 Å². The van der Waals surface area contributed by atoms with Gasteiger partial charge in [-0.3, -0.25) is 0 Å². The van der Waals surface area contributed by atoms with Crippen LogP contribution >= 0.6 is 0 Å². The highest BCUT2D eigenvalue weighted by Gasteiger charge is 2.23. The fraction of sp³-hybridized carbons (Fsp3) is 0.364. The summed E-state index contributed by atoms with van der Waals surface area (Å²) < 4.78 is 5.47. The Balaban J connectivity index is 2.42. The standard InChI is InChI=1S/C11H15N5O2/c1-8(10(12)11(17)14-16-15-13)18-7-9-5-3-2-4-6-9/h2-6,8,10H,7,12H2,1H3,(H,14,17)/t8-,10-/m0/s1. The number of rotatable bonds is 6. The van der Waals surface area contributed by atoms with Crippen molar-refractivity contribution in [2.45, 2.75) is 25.7 Å². The van der Waals surface area contributed by atoms with Crippen molar-refractivity contribution in [3.8, 4) is 0 Å². The number of nitrogens with zero attached hydrogens (tertiary/aromatic N) is 3. The lowest BCUT2D eigenvalue weighted by molar-refractivity contribution is -0.125. The van der Waals surface area contributed by atoms with E-state index in [0.29, 0.717) is 6.61 Å². The summed E-state index contributed by atoms with van der Waals surface area (Å²) in [7, 11) is 0. The van der Waals surface area contributed by atoms with E-state index in [9.17, 15) is 4.79 Å². The second-order valence-electron chi connectivity index (χ2n) is 3.69. The smallest absolute Gasteiger partial charge is 0.329 e. The molecule has 0 spiro atoms. The van der Waals surface area contributed by atoms with Gasteiger partial charge < -0.3 is 10.5 Å². The third-order valence-electron chi connectivity index (χ3n) is 2.37. The molecule has 0 saturated carbocycles. The van der Waals surface area contributed by atoms with Gasteiger partial charge in [-0.1, -0.05) is 30.3 Å². The maximum absolute atomic E-state index is 11.4. The monoisotopic (exact) mass is 249 g/mol. The van der Waals surface area contributed by atoms with Gasteiger partial charge in [0.25, 0.3) is 0 Å². The summed E-state index contributed by atoms with van der Waals surface area (Å²) in [6, 6.07) is 8.65. The molecular weight excluding hydrogens is 234 g/mol. The maximum Gasteiger partial charge on any atom is 0.329 e. The van der Waals surface area contributed by atoms with Crippen LogP contribution in [-0.2, 0) is 16.1 Å². The third kappa shape index (κ3) is 4.42. The van der Waals surface area contributed by atoms with Crippen molar-refractivity contribution in [1.82, 2.24) is 5.43 Å². The summed E-state index contributed by atoms with van der Waals surface area (Å²) in [5, 5.41) is 2.94. The van der Waals surface area contributed by atoms with Crippen molar-refractivity contribution in [2.75, 3.05) is 0 Å². The van der Waals surface area contributed by atoms with Gasteiger partial charge in [-0.2, -0.15) is 10.3 Å². The van der Waals surface area contributed by atoms with Crippen LogP contribution in [0.2, 0.25) is 0 Å². The molecule has 0 heterocycles. The second kappa shape index (κ2) is 7.29. The van der Waals surface area contributed by atoms with Crippen LogP contribution in [0.4, 0.5) is 0 Å². The molecule has 1 amide bonds. The van der Waals surface area contributed by atoms with Crippen LogP contribution < -0.4 is 11.2 Å². The van der Waals surface area contributed by atoms with Crippen LogP contribution in [0.5, 0.6) is 0 Å². The largest absolute Gasteiger partial charge is 0.372 e. The number of nitrogens with one attached hydrogen (secondary N) is 1. The van der Waals surface area contributed by atoms with E-state index in [0.717, 1.165) is 5.56 Å². The van der Waals surface area contributed by atoms with E-state index in [-0.39, 0.29) is 0 Å². The van der Waals surface area contributed by atoms with Crippen molar-refractivity contribution in [2.24, 2.45) is 11.0 Å². The minimum atomic E-state index is -0.890. The highest BCUT2D eigenvalue weighted by molar-refractivity contribution is 5.81. The maximum atomic E-state index is 11.4. The Morgan fingerprint density at radius 2 is 2.22 bits per heavy atom. The van der Waals surface area contributed by atoms with E-state index < -0.39 is 18.1 Å². The first-order chi connectivity index (χ1) is 8.65. The predicted molar refractivity (Wildman–Crippen MR) is 66.0 cm³/mol. The number of nitrogens with two attached hydrogens (primary N) is 1. The van der Waals surface area contributed by atoms with Gasteiger partial charge in [0, 0.05) is 0 Å². The molecule has 0 aliphatic carbocycles. The summed E-state index contributed by atoms with van der Waals surface area (Å²) >= 11 is 0. The van der Waals surface area contributed by atoms with Crippen molar-refractivity contribution < 1.29 is 9.53 Å². The first kappa shape index (κ1) is 14.0. The number of azide groups is 1. The molecule has 0 radical (unpaired) electrons. The van der Waals surface area contributed by atoms with Gasteiger partial charge in [0.2, 0.25) is 0 Å². The second-order valence-corrected chi connectivity index (χ2v) is 3.69. The van der Waals surface area contributed by atoms with Crippen molar-refractivity contribution in [3.63, 3.8) is 0 Å². The van der Waals surface area contributed by atoms with Crippen LogP contribution in [-0.4, -0.2) is 18.1 Å². The Hall–Kier alpha value is -2.08. The van der Waals surface area contributed by atoms with E-state index >= 15 is 0 Å². The van der Waals surface area contributed by atoms with Gasteiger partial charge in [-0.05, 0) is 17.7 Å². The molecule has 1 aromatic carbocycles. The van der Waals surface area contributed by atoms with Crippen LogP contribution in [0.25, 0.3) is 10.4 Å². The molecule has 0 saturated heterocycles. The van der Waals surface area contributed by atoms with Crippen LogP contribution in [0.15, 0.2) is 35.6 Å². The van der Waals surface area contributed by atoms with Gasteiger partial charge in [0.15, 0.2) is 0 Å². The van der Waals surface area contributed by atoms with E-state index in [1.54, 1.807) is 6.92 Å². The fourth-order valence-corrected chi connectivity index (χ4v) is 1.26. The first-order valence-electron chi connectivity index (χ1n) is 5.40. The highest BCUT2D eigenvalue weighted by Crippen LogP contribution is 2.05. The zero-order chi connectivity index (χ0) is 13.4. The predicted octanol–water partition coefficient (Wildman–Crippen LogP) is 1.26. The summed E-state index contributed by atoms with van der Waals surface area (Å²) in [6.07, 6.45) is -0.487. The van der Waals surface area contributed by atoms with Crippen LogP contribution in [0.1, 0.15) is 12.5 Å². The van der Waals surface area contributed by atoms with Crippen molar-refractivity contribution >= 4 is 5.91 Å². The Labute approximate surface area is 105 Å². The summed E-state index contributed by atoms with van der Waals surface area (Å²) in [5.41, 5.74) is 16.7. The average Bonchev–Trinajstić information content (AvgIpc) is 2.42. The lowest BCUT2D eigenvalue weighted by atomic mass is 10.2. The van der Waals surface area contributed by atoms with Gasteiger partial charge in [0.1, 0.15) is 6.04 Å². The summed E-state index contributed by atoms with van der Waals surface area (Å²) in [5.74, 6) is -0.576. The SMILES string of the molecule is C[C@H](OCc1ccccc1)[C@H](N)C(=O)NN=[N+]=[N-]. The first-order valence-corrected chi connectivity index (χ1v) is 5.40. The minimum absolute atomic E-state index is 0.366. The molecule has 0 unspecified atom stereocenters. The fourth-order valence-electron chi connectivity index (χ4n) is 1.26. The average molecular weight is 249 g/mol. The zero-order valence-electron chi connectivity index (χ0n) is 9.98. The minimum Gasteiger partial charge on any atom is -0.372 e. The van der Waals surface area contributed by atoms with Crippen LogP contribution in [0, 0.1) is 0 Å². The van der Waals surface area contributed by atoms with E-state index in [4.69, 9.17) is 16.0 Å². The van der Waals surface area contributed by atoms with Gasteiger partial charge in [-0.25, -0.2) is 4.79 Å². The van der Waals surface area contributed by atoms with E-state index in [1.165, 1.54) is 0 Å². The van der Waals surface area contributed by atoms with E-state index in [1.807, 2.05) is 35.8 Å². The molecule has 7 nitrogen and oxygen atoms in total. The molecule has 7 heteroatoms. The molecule has 0 fully saturated rings. The molecule has 2 atom stereocenters. The topological polar surface area (TPSA) is 113 Å². The van der Waals surface area contributed by atoms with Gasteiger partial charge >= 0.3 is 5.91 Å².